The molecule has 6 heteroatoms. The molecule has 1 atom stereocenters. The Morgan fingerprint density at radius 1 is 0.306 bits per heavy atom. The summed E-state index contributed by atoms with van der Waals surface area (Å²) >= 11 is 0. The molecule has 0 saturated carbocycles. The van der Waals surface area contributed by atoms with E-state index in [4.69, 9.17) is 14.2 Å². The van der Waals surface area contributed by atoms with Crippen molar-refractivity contribution in [2.75, 3.05) is 13.2 Å². The van der Waals surface area contributed by atoms with Crippen molar-refractivity contribution in [2.24, 2.45) is 5.92 Å². The molecule has 0 spiro atoms. The Hall–Kier alpha value is -1.59. The average Bonchev–Trinajstić information content (AvgIpc) is 3.26. The summed E-state index contributed by atoms with van der Waals surface area (Å²) in [5.41, 5.74) is 0. The molecule has 0 heterocycles. The van der Waals surface area contributed by atoms with Gasteiger partial charge in [0.05, 0.1) is 0 Å². The Kier molecular flexibility index (Phi) is 49.1. The largest absolute Gasteiger partial charge is 0.462 e. The molecule has 0 aliphatic heterocycles. The van der Waals surface area contributed by atoms with Gasteiger partial charge in [-0.15, -0.1) is 0 Å². The van der Waals surface area contributed by atoms with Crippen LogP contribution in [0.4, 0.5) is 0 Å². The van der Waals surface area contributed by atoms with Gasteiger partial charge >= 0.3 is 17.9 Å². The van der Waals surface area contributed by atoms with Gasteiger partial charge in [-0.25, -0.2) is 0 Å². The van der Waals surface area contributed by atoms with Crippen LogP contribution in [0, 0.1) is 5.92 Å². The van der Waals surface area contributed by atoms with E-state index in [1.54, 1.807) is 0 Å². The second-order valence-electron chi connectivity index (χ2n) is 19.7. The zero-order valence-electron chi connectivity index (χ0n) is 42.3. The fourth-order valence-corrected chi connectivity index (χ4v) is 8.57. The van der Waals surface area contributed by atoms with E-state index in [1.165, 1.54) is 212 Å². The molecule has 6 nitrogen and oxygen atoms in total. The second-order valence-corrected chi connectivity index (χ2v) is 19.7. The van der Waals surface area contributed by atoms with Crippen molar-refractivity contribution in [1.29, 1.82) is 0 Å². The molecule has 0 aliphatic carbocycles. The first-order valence-corrected chi connectivity index (χ1v) is 27.9. The van der Waals surface area contributed by atoms with Crippen LogP contribution in [0.25, 0.3) is 0 Å². The summed E-state index contributed by atoms with van der Waals surface area (Å²) in [5, 5.41) is 0. The number of rotatable bonds is 51. The lowest BCUT2D eigenvalue weighted by Crippen LogP contribution is -2.30. The minimum absolute atomic E-state index is 0.0628. The highest BCUT2D eigenvalue weighted by Gasteiger charge is 2.19. The number of hydrogen-bond acceptors (Lipinski definition) is 6. The minimum Gasteiger partial charge on any atom is -0.462 e. The fraction of sp³-hybridized carbons (Fsp3) is 0.946. The smallest absolute Gasteiger partial charge is 0.306 e. The maximum Gasteiger partial charge on any atom is 0.306 e. The van der Waals surface area contributed by atoms with E-state index in [9.17, 15) is 14.4 Å². The van der Waals surface area contributed by atoms with Crippen LogP contribution in [-0.4, -0.2) is 37.2 Å². The van der Waals surface area contributed by atoms with Gasteiger partial charge < -0.3 is 14.2 Å². The highest BCUT2D eigenvalue weighted by molar-refractivity contribution is 5.71. The van der Waals surface area contributed by atoms with Crippen molar-refractivity contribution < 1.29 is 28.6 Å². The van der Waals surface area contributed by atoms with Gasteiger partial charge in [-0.2, -0.15) is 0 Å². The third-order valence-corrected chi connectivity index (χ3v) is 12.8. The molecular weight excluding hydrogens is 769 g/mol. The summed E-state index contributed by atoms with van der Waals surface area (Å²) in [6, 6.07) is 0. The van der Waals surface area contributed by atoms with Crippen LogP contribution in [-0.2, 0) is 28.6 Å². The normalized spacial score (nSPS) is 12.0. The van der Waals surface area contributed by atoms with E-state index >= 15 is 0 Å². The standard InChI is InChI=1S/C56H108O6/c1-5-7-9-11-13-15-17-19-21-23-25-27-29-31-35-39-43-47-54(57)60-50-53(51-61-55(58)48-44-40-37-33-34-38-42-46-52(3)4)62-56(59)49-45-41-36-32-30-28-26-24-22-20-18-16-14-12-10-8-6-2/h52-53H,5-51H2,1-4H3/t53-/m1/s1. The molecule has 0 aliphatic rings. The Bertz CT molecular complexity index is 933. The van der Waals surface area contributed by atoms with Crippen LogP contribution in [0.5, 0.6) is 0 Å². The van der Waals surface area contributed by atoms with E-state index in [-0.39, 0.29) is 31.1 Å². The Balaban J connectivity index is 4.25. The van der Waals surface area contributed by atoms with Crippen LogP contribution in [0.15, 0.2) is 0 Å². The van der Waals surface area contributed by atoms with Gasteiger partial charge in [0.25, 0.3) is 0 Å². The molecule has 0 fully saturated rings. The van der Waals surface area contributed by atoms with Crippen LogP contribution in [0.2, 0.25) is 0 Å². The molecule has 0 aromatic rings. The maximum atomic E-state index is 12.8. The molecule has 0 amide bonds. The number of unbranched alkanes of at least 4 members (excludes halogenated alkanes) is 38. The summed E-state index contributed by atoms with van der Waals surface area (Å²) < 4.78 is 16.8. The third kappa shape index (κ3) is 49.4. The zero-order valence-corrected chi connectivity index (χ0v) is 42.3. The maximum absolute atomic E-state index is 12.8. The Labute approximate surface area is 387 Å². The van der Waals surface area contributed by atoms with Gasteiger partial charge in [-0.1, -0.05) is 278 Å². The number of ether oxygens (including phenoxy) is 3. The lowest BCUT2D eigenvalue weighted by molar-refractivity contribution is -0.167. The Morgan fingerprint density at radius 3 is 0.790 bits per heavy atom. The predicted octanol–water partition coefficient (Wildman–Crippen LogP) is 18.2. The summed E-state index contributed by atoms with van der Waals surface area (Å²) in [5.74, 6) is -0.0607. The van der Waals surface area contributed by atoms with Crippen LogP contribution < -0.4 is 0 Å². The molecule has 368 valence electrons. The summed E-state index contributed by atoms with van der Waals surface area (Å²) in [7, 11) is 0. The third-order valence-electron chi connectivity index (χ3n) is 12.8. The highest BCUT2D eigenvalue weighted by atomic mass is 16.6. The van der Waals surface area contributed by atoms with Gasteiger partial charge in [0.15, 0.2) is 6.10 Å². The SMILES string of the molecule is CCCCCCCCCCCCCCCCCCCC(=O)OC[C@H](COC(=O)CCCCCCCCCC(C)C)OC(=O)CCCCCCCCCCCCCCCCCCC. The van der Waals surface area contributed by atoms with Crippen LogP contribution in [0.1, 0.15) is 317 Å². The van der Waals surface area contributed by atoms with Crippen molar-refractivity contribution in [2.45, 2.75) is 323 Å². The lowest BCUT2D eigenvalue weighted by atomic mass is 10.0. The quantitative estimate of drug-likeness (QED) is 0.0344. The molecule has 0 bridgehead atoms. The summed E-state index contributed by atoms with van der Waals surface area (Å²) in [4.78, 5) is 38.0. The van der Waals surface area contributed by atoms with Crippen LogP contribution >= 0.6 is 0 Å². The molecule has 0 N–H and O–H groups in total. The van der Waals surface area contributed by atoms with Crippen molar-refractivity contribution >= 4 is 17.9 Å². The number of carbonyl (C=O) groups excluding carboxylic acids is 3. The van der Waals surface area contributed by atoms with Gasteiger partial charge in [-0.3, -0.25) is 14.4 Å². The molecular formula is C56H108O6. The fourth-order valence-electron chi connectivity index (χ4n) is 8.57. The highest BCUT2D eigenvalue weighted by Crippen LogP contribution is 2.18. The van der Waals surface area contributed by atoms with Crippen molar-refractivity contribution in [1.82, 2.24) is 0 Å². The topological polar surface area (TPSA) is 78.9 Å². The van der Waals surface area contributed by atoms with E-state index in [1.807, 2.05) is 0 Å². The molecule has 0 radical (unpaired) electrons. The van der Waals surface area contributed by atoms with Crippen molar-refractivity contribution in [3.05, 3.63) is 0 Å². The van der Waals surface area contributed by atoms with Crippen molar-refractivity contribution in [3.8, 4) is 0 Å². The van der Waals surface area contributed by atoms with Gasteiger partial charge in [0, 0.05) is 19.3 Å². The molecule has 62 heavy (non-hydrogen) atoms. The molecule has 0 rings (SSSR count). The zero-order chi connectivity index (χ0) is 45.2. The predicted molar refractivity (Wildman–Crippen MR) is 266 cm³/mol. The molecule has 0 unspecified atom stereocenters. The lowest BCUT2D eigenvalue weighted by Gasteiger charge is -2.18. The van der Waals surface area contributed by atoms with Crippen LogP contribution in [0.3, 0.4) is 0 Å². The van der Waals surface area contributed by atoms with Gasteiger partial charge in [0.1, 0.15) is 13.2 Å². The van der Waals surface area contributed by atoms with Gasteiger partial charge in [0.2, 0.25) is 0 Å². The minimum atomic E-state index is -0.761. The van der Waals surface area contributed by atoms with E-state index in [0.717, 1.165) is 63.7 Å². The Morgan fingerprint density at radius 2 is 0.532 bits per heavy atom. The number of esters is 3. The molecule has 0 saturated heterocycles. The first-order valence-electron chi connectivity index (χ1n) is 27.9. The molecule has 0 aromatic heterocycles. The summed E-state index contributed by atoms with van der Waals surface area (Å²) in [6.45, 7) is 9.00. The van der Waals surface area contributed by atoms with E-state index in [0.29, 0.717) is 19.3 Å². The van der Waals surface area contributed by atoms with E-state index < -0.39 is 6.10 Å². The summed E-state index contributed by atoms with van der Waals surface area (Å²) in [6.07, 6.45) is 53.9. The molecule has 0 aromatic carbocycles. The second kappa shape index (κ2) is 50.4. The number of hydrogen-bond donors (Lipinski definition) is 0. The monoisotopic (exact) mass is 877 g/mol. The van der Waals surface area contributed by atoms with Gasteiger partial charge in [-0.05, 0) is 25.2 Å². The first kappa shape index (κ1) is 60.4. The first-order chi connectivity index (χ1) is 30.4. The number of carbonyl (C=O) groups is 3. The van der Waals surface area contributed by atoms with Crippen molar-refractivity contribution in [3.63, 3.8) is 0 Å². The van der Waals surface area contributed by atoms with E-state index in [2.05, 4.69) is 27.7 Å². The average molecular weight is 877 g/mol.